The van der Waals surface area contributed by atoms with Crippen LogP contribution in [-0.4, -0.2) is 16.3 Å². The SMILES string of the molecule is CCCC(O)C=C(C)O. The summed E-state index contributed by atoms with van der Waals surface area (Å²) in [6, 6.07) is 0. The lowest BCUT2D eigenvalue weighted by atomic mass is 10.2. The van der Waals surface area contributed by atoms with E-state index in [1.165, 1.54) is 6.08 Å². The molecule has 0 rings (SSSR count). The summed E-state index contributed by atoms with van der Waals surface area (Å²) in [4.78, 5) is 0. The van der Waals surface area contributed by atoms with E-state index < -0.39 is 6.10 Å². The van der Waals surface area contributed by atoms with E-state index in [0.29, 0.717) is 0 Å². The molecule has 1 unspecified atom stereocenters. The zero-order valence-electron chi connectivity index (χ0n) is 5.96. The van der Waals surface area contributed by atoms with Crippen LogP contribution in [0.2, 0.25) is 0 Å². The molecule has 0 aliphatic rings. The van der Waals surface area contributed by atoms with Gasteiger partial charge in [-0.25, -0.2) is 0 Å². The van der Waals surface area contributed by atoms with Crippen molar-refractivity contribution >= 4 is 0 Å². The second kappa shape index (κ2) is 4.39. The summed E-state index contributed by atoms with van der Waals surface area (Å²) in [6.07, 6.45) is 2.63. The number of allylic oxidation sites excluding steroid dienone is 1. The number of rotatable bonds is 3. The van der Waals surface area contributed by atoms with Crippen molar-refractivity contribution in [1.82, 2.24) is 0 Å². The Bertz CT molecular complexity index is 93.1. The second-order valence-corrected chi connectivity index (χ2v) is 2.16. The molecular formula is C7H14O2. The molecule has 0 aromatic heterocycles. The van der Waals surface area contributed by atoms with Gasteiger partial charge >= 0.3 is 0 Å². The molecule has 0 radical (unpaired) electrons. The van der Waals surface area contributed by atoms with Crippen molar-refractivity contribution in [1.29, 1.82) is 0 Å². The molecule has 0 amide bonds. The van der Waals surface area contributed by atoms with Crippen LogP contribution in [0.1, 0.15) is 26.7 Å². The molecule has 2 N–H and O–H groups in total. The fourth-order valence-electron chi connectivity index (χ4n) is 0.658. The van der Waals surface area contributed by atoms with E-state index >= 15 is 0 Å². The van der Waals surface area contributed by atoms with Gasteiger partial charge in [0.15, 0.2) is 0 Å². The Morgan fingerprint density at radius 2 is 2.22 bits per heavy atom. The number of hydrogen-bond donors (Lipinski definition) is 2. The van der Waals surface area contributed by atoms with Gasteiger partial charge in [-0.15, -0.1) is 0 Å². The molecule has 2 heteroatoms. The fourth-order valence-corrected chi connectivity index (χ4v) is 0.658. The molecule has 0 spiro atoms. The average molecular weight is 130 g/mol. The van der Waals surface area contributed by atoms with Gasteiger partial charge in [0.2, 0.25) is 0 Å². The minimum Gasteiger partial charge on any atom is -0.513 e. The van der Waals surface area contributed by atoms with Gasteiger partial charge in [-0.2, -0.15) is 0 Å². The quantitative estimate of drug-likeness (QED) is 0.570. The van der Waals surface area contributed by atoms with Gasteiger partial charge in [-0.3, -0.25) is 0 Å². The Kier molecular flexibility index (Phi) is 4.14. The van der Waals surface area contributed by atoms with Crippen molar-refractivity contribution in [2.75, 3.05) is 0 Å². The predicted molar refractivity (Wildman–Crippen MR) is 37.3 cm³/mol. The maximum absolute atomic E-state index is 8.98. The van der Waals surface area contributed by atoms with E-state index in [2.05, 4.69) is 0 Å². The van der Waals surface area contributed by atoms with E-state index in [1.807, 2.05) is 6.92 Å². The first kappa shape index (κ1) is 8.50. The van der Waals surface area contributed by atoms with Gasteiger partial charge in [-0.05, 0) is 19.4 Å². The Hall–Kier alpha value is -0.500. The standard InChI is InChI=1S/C7H14O2/c1-3-4-7(9)5-6(2)8/h5,7-9H,3-4H2,1-2H3. The maximum Gasteiger partial charge on any atom is 0.0877 e. The van der Waals surface area contributed by atoms with Crippen LogP contribution >= 0.6 is 0 Å². The lowest BCUT2D eigenvalue weighted by Gasteiger charge is -2.01. The average Bonchev–Trinajstić information content (AvgIpc) is 1.63. The van der Waals surface area contributed by atoms with Gasteiger partial charge in [0.25, 0.3) is 0 Å². The third kappa shape index (κ3) is 5.37. The smallest absolute Gasteiger partial charge is 0.0877 e. The van der Waals surface area contributed by atoms with Crippen molar-refractivity contribution in [3.63, 3.8) is 0 Å². The predicted octanol–water partition coefficient (Wildman–Crippen LogP) is 1.61. The summed E-state index contributed by atoms with van der Waals surface area (Å²) >= 11 is 0. The Morgan fingerprint density at radius 3 is 2.56 bits per heavy atom. The highest BCUT2D eigenvalue weighted by atomic mass is 16.3. The topological polar surface area (TPSA) is 40.5 Å². The van der Waals surface area contributed by atoms with E-state index in [-0.39, 0.29) is 5.76 Å². The Labute approximate surface area is 55.8 Å². The van der Waals surface area contributed by atoms with Crippen molar-refractivity contribution in [2.24, 2.45) is 0 Å². The fraction of sp³-hybridized carbons (Fsp3) is 0.714. The lowest BCUT2D eigenvalue weighted by Crippen LogP contribution is -2.01. The molecular weight excluding hydrogens is 116 g/mol. The monoisotopic (exact) mass is 130 g/mol. The number of aliphatic hydroxyl groups is 2. The molecule has 0 aliphatic heterocycles. The molecule has 0 bridgehead atoms. The molecule has 0 saturated carbocycles. The van der Waals surface area contributed by atoms with Crippen LogP contribution in [0.5, 0.6) is 0 Å². The highest BCUT2D eigenvalue weighted by Crippen LogP contribution is 1.99. The number of aliphatic hydroxyl groups excluding tert-OH is 2. The third-order valence-corrected chi connectivity index (χ3v) is 1.02. The molecule has 1 atom stereocenters. The zero-order chi connectivity index (χ0) is 7.28. The summed E-state index contributed by atoms with van der Waals surface area (Å²) in [7, 11) is 0. The lowest BCUT2D eigenvalue weighted by molar-refractivity contribution is 0.206. The molecule has 0 aromatic rings. The minimum absolute atomic E-state index is 0.191. The van der Waals surface area contributed by atoms with Crippen molar-refractivity contribution in [3.05, 3.63) is 11.8 Å². The second-order valence-electron chi connectivity index (χ2n) is 2.16. The summed E-state index contributed by atoms with van der Waals surface area (Å²) in [6.45, 7) is 3.54. The maximum atomic E-state index is 8.98. The van der Waals surface area contributed by atoms with Crippen molar-refractivity contribution < 1.29 is 10.2 Å². The van der Waals surface area contributed by atoms with Crippen LogP contribution in [0, 0.1) is 0 Å². The van der Waals surface area contributed by atoms with Gasteiger partial charge in [0.1, 0.15) is 0 Å². The van der Waals surface area contributed by atoms with E-state index in [0.717, 1.165) is 12.8 Å². The molecule has 9 heavy (non-hydrogen) atoms. The van der Waals surface area contributed by atoms with E-state index in [4.69, 9.17) is 10.2 Å². The molecule has 0 heterocycles. The molecule has 2 nitrogen and oxygen atoms in total. The highest BCUT2D eigenvalue weighted by Gasteiger charge is 1.96. The molecule has 0 aromatic carbocycles. The van der Waals surface area contributed by atoms with Crippen LogP contribution in [0.3, 0.4) is 0 Å². The van der Waals surface area contributed by atoms with Gasteiger partial charge in [-0.1, -0.05) is 13.3 Å². The summed E-state index contributed by atoms with van der Waals surface area (Å²) in [5.74, 6) is 0.191. The van der Waals surface area contributed by atoms with E-state index in [9.17, 15) is 0 Å². The normalized spacial score (nSPS) is 15.7. The van der Waals surface area contributed by atoms with Crippen LogP contribution in [0.15, 0.2) is 11.8 Å². The molecule has 0 fully saturated rings. The van der Waals surface area contributed by atoms with Crippen LogP contribution in [0.4, 0.5) is 0 Å². The first-order valence-electron chi connectivity index (χ1n) is 3.22. The Balaban J connectivity index is 3.49. The summed E-state index contributed by atoms with van der Waals surface area (Å²) in [5.41, 5.74) is 0. The van der Waals surface area contributed by atoms with Crippen molar-refractivity contribution in [3.8, 4) is 0 Å². The Morgan fingerprint density at radius 1 is 1.67 bits per heavy atom. The summed E-state index contributed by atoms with van der Waals surface area (Å²) < 4.78 is 0. The van der Waals surface area contributed by atoms with E-state index in [1.54, 1.807) is 6.92 Å². The van der Waals surface area contributed by atoms with Gasteiger partial charge in [0, 0.05) is 0 Å². The zero-order valence-corrected chi connectivity index (χ0v) is 5.96. The summed E-state index contributed by atoms with van der Waals surface area (Å²) in [5, 5.41) is 17.6. The van der Waals surface area contributed by atoms with Crippen LogP contribution in [-0.2, 0) is 0 Å². The number of hydrogen-bond acceptors (Lipinski definition) is 2. The molecule has 0 saturated heterocycles. The molecule has 54 valence electrons. The van der Waals surface area contributed by atoms with Gasteiger partial charge < -0.3 is 10.2 Å². The third-order valence-electron chi connectivity index (χ3n) is 1.02. The first-order valence-corrected chi connectivity index (χ1v) is 3.22. The minimum atomic E-state index is -0.472. The first-order chi connectivity index (χ1) is 4.16. The van der Waals surface area contributed by atoms with Gasteiger partial charge in [0.05, 0.1) is 11.9 Å². The van der Waals surface area contributed by atoms with Crippen LogP contribution < -0.4 is 0 Å². The highest BCUT2D eigenvalue weighted by molar-refractivity contribution is 4.91. The van der Waals surface area contributed by atoms with Crippen molar-refractivity contribution in [2.45, 2.75) is 32.8 Å². The van der Waals surface area contributed by atoms with Crippen LogP contribution in [0.25, 0.3) is 0 Å². The molecule has 0 aliphatic carbocycles. The largest absolute Gasteiger partial charge is 0.513 e.